The summed E-state index contributed by atoms with van der Waals surface area (Å²) in [5.74, 6) is 0.927. The van der Waals surface area contributed by atoms with Crippen LogP contribution in [0, 0.1) is 0 Å². The number of anilines is 1. The standard InChI is InChI=1S/C17H20N2OS2/c1-12(20)19(2)17-18-14(11-22-17)10-21-16-9-5-7-13-6-3-4-8-15(13)16/h3-4,6,8,11,16H,5,7,9-10H2,1-2H3. The molecule has 1 atom stereocenters. The number of nitrogens with zero attached hydrogens (tertiary/aromatic N) is 2. The summed E-state index contributed by atoms with van der Waals surface area (Å²) in [6, 6.07) is 8.80. The molecule has 0 bridgehead atoms. The number of hydrogen-bond donors (Lipinski definition) is 0. The Morgan fingerprint density at radius 1 is 1.45 bits per heavy atom. The summed E-state index contributed by atoms with van der Waals surface area (Å²) in [7, 11) is 1.77. The Kier molecular flexibility index (Phi) is 4.84. The lowest BCUT2D eigenvalue weighted by molar-refractivity contribution is -0.116. The van der Waals surface area contributed by atoms with E-state index in [-0.39, 0.29) is 5.91 Å². The van der Waals surface area contributed by atoms with E-state index in [0.29, 0.717) is 5.25 Å². The lowest BCUT2D eigenvalue weighted by Crippen LogP contribution is -2.22. The highest BCUT2D eigenvalue weighted by Gasteiger charge is 2.20. The van der Waals surface area contributed by atoms with Crippen molar-refractivity contribution in [3.8, 4) is 0 Å². The fourth-order valence-electron chi connectivity index (χ4n) is 2.72. The second-order valence-corrected chi connectivity index (χ2v) is 7.62. The third-order valence-corrected chi connectivity index (χ3v) is 6.37. The van der Waals surface area contributed by atoms with Crippen LogP contribution in [0.3, 0.4) is 0 Å². The molecule has 0 aliphatic heterocycles. The number of carbonyl (C=O) groups excluding carboxylic acids is 1. The van der Waals surface area contributed by atoms with Crippen molar-refractivity contribution < 1.29 is 4.79 Å². The molecule has 0 radical (unpaired) electrons. The first-order valence-electron chi connectivity index (χ1n) is 7.53. The fourth-order valence-corrected chi connectivity index (χ4v) is 4.92. The maximum Gasteiger partial charge on any atom is 0.225 e. The number of thioether (sulfide) groups is 1. The molecule has 1 aliphatic carbocycles. The number of hydrogen-bond acceptors (Lipinski definition) is 4. The Morgan fingerprint density at radius 3 is 3.09 bits per heavy atom. The van der Waals surface area contributed by atoms with Crippen LogP contribution in [0.15, 0.2) is 29.6 Å². The van der Waals surface area contributed by atoms with Gasteiger partial charge >= 0.3 is 0 Å². The summed E-state index contributed by atoms with van der Waals surface area (Å²) in [5.41, 5.74) is 4.07. The molecule has 1 aliphatic rings. The summed E-state index contributed by atoms with van der Waals surface area (Å²) in [6.07, 6.45) is 3.72. The third-order valence-electron chi connectivity index (χ3n) is 4.05. The fraction of sp³-hybridized carbons (Fsp3) is 0.412. The summed E-state index contributed by atoms with van der Waals surface area (Å²) in [5, 5.41) is 3.42. The Morgan fingerprint density at radius 2 is 2.27 bits per heavy atom. The molecule has 1 amide bonds. The molecule has 5 heteroatoms. The van der Waals surface area contributed by atoms with E-state index in [1.54, 1.807) is 18.9 Å². The largest absolute Gasteiger partial charge is 0.292 e. The van der Waals surface area contributed by atoms with Crippen molar-refractivity contribution in [3.63, 3.8) is 0 Å². The van der Waals surface area contributed by atoms with Crippen LogP contribution in [-0.4, -0.2) is 17.9 Å². The van der Waals surface area contributed by atoms with Crippen molar-refractivity contribution in [1.82, 2.24) is 4.98 Å². The second-order valence-electron chi connectivity index (χ2n) is 5.59. The van der Waals surface area contributed by atoms with Crippen molar-refractivity contribution in [2.75, 3.05) is 11.9 Å². The van der Waals surface area contributed by atoms with Crippen LogP contribution in [0.4, 0.5) is 5.13 Å². The van der Waals surface area contributed by atoms with Crippen LogP contribution in [0.5, 0.6) is 0 Å². The minimum Gasteiger partial charge on any atom is -0.292 e. The van der Waals surface area contributed by atoms with Gasteiger partial charge in [0, 0.05) is 30.4 Å². The molecule has 116 valence electrons. The van der Waals surface area contributed by atoms with Gasteiger partial charge in [0.15, 0.2) is 5.13 Å². The predicted molar refractivity (Wildman–Crippen MR) is 94.6 cm³/mol. The SMILES string of the molecule is CC(=O)N(C)c1nc(CSC2CCCc3ccccc32)cs1. The van der Waals surface area contributed by atoms with Crippen LogP contribution in [0.25, 0.3) is 0 Å². The van der Waals surface area contributed by atoms with Gasteiger partial charge in [0.1, 0.15) is 0 Å². The van der Waals surface area contributed by atoms with Gasteiger partial charge in [-0.1, -0.05) is 24.3 Å². The number of carbonyl (C=O) groups is 1. The highest BCUT2D eigenvalue weighted by molar-refractivity contribution is 7.98. The van der Waals surface area contributed by atoms with Gasteiger partial charge in [0.05, 0.1) is 5.69 Å². The highest BCUT2D eigenvalue weighted by Crippen LogP contribution is 2.41. The molecule has 0 saturated heterocycles. The first kappa shape index (κ1) is 15.6. The zero-order chi connectivity index (χ0) is 15.5. The number of thiazole rings is 1. The summed E-state index contributed by atoms with van der Waals surface area (Å²) in [4.78, 5) is 17.6. The predicted octanol–water partition coefficient (Wildman–Crippen LogP) is 4.44. The van der Waals surface area contributed by atoms with E-state index in [0.717, 1.165) is 16.6 Å². The van der Waals surface area contributed by atoms with Gasteiger partial charge in [-0.3, -0.25) is 9.69 Å². The monoisotopic (exact) mass is 332 g/mol. The normalized spacial score (nSPS) is 17.1. The minimum atomic E-state index is 0.0229. The molecular weight excluding hydrogens is 312 g/mol. The third kappa shape index (κ3) is 3.36. The van der Waals surface area contributed by atoms with Crippen molar-refractivity contribution in [3.05, 3.63) is 46.5 Å². The van der Waals surface area contributed by atoms with Gasteiger partial charge in [0.25, 0.3) is 0 Å². The zero-order valence-corrected chi connectivity index (χ0v) is 14.5. The van der Waals surface area contributed by atoms with Crippen molar-refractivity contribution in [1.29, 1.82) is 0 Å². The quantitative estimate of drug-likeness (QED) is 0.830. The van der Waals surface area contributed by atoms with Crippen molar-refractivity contribution in [2.24, 2.45) is 0 Å². The van der Waals surface area contributed by atoms with Gasteiger partial charge in [0.2, 0.25) is 5.91 Å². The lowest BCUT2D eigenvalue weighted by atomic mass is 9.91. The summed E-state index contributed by atoms with van der Waals surface area (Å²) in [6.45, 7) is 1.56. The van der Waals surface area contributed by atoms with Gasteiger partial charge in [-0.25, -0.2) is 4.98 Å². The topological polar surface area (TPSA) is 33.2 Å². The molecule has 0 fully saturated rings. The number of fused-ring (bicyclic) bond motifs is 1. The molecule has 22 heavy (non-hydrogen) atoms. The van der Waals surface area contributed by atoms with E-state index in [1.807, 2.05) is 11.8 Å². The van der Waals surface area contributed by atoms with Gasteiger partial charge in [-0.05, 0) is 30.4 Å². The number of amides is 1. The zero-order valence-electron chi connectivity index (χ0n) is 12.9. The average Bonchev–Trinajstić information content (AvgIpc) is 3.01. The maximum atomic E-state index is 11.4. The van der Waals surface area contributed by atoms with E-state index in [4.69, 9.17) is 0 Å². The van der Waals surface area contributed by atoms with Crippen LogP contribution >= 0.6 is 23.1 Å². The van der Waals surface area contributed by atoms with Crippen LogP contribution < -0.4 is 4.90 Å². The Labute approximate surface area is 139 Å². The lowest BCUT2D eigenvalue weighted by Gasteiger charge is -2.24. The minimum absolute atomic E-state index is 0.0229. The number of aryl methyl sites for hydroxylation is 1. The van der Waals surface area contributed by atoms with Crippen molar-refractivity contribution >= 4 is 34.1 Å². The number of aromatic nitrogens is 1. The Balaban J connectivity index is 1.65. The highest BCUT2D eigenvalue weighted by atomic mass is 32.2. The Bertz CT molecular complexity index is 668. The average molecular weight is 332 g/mol. The van der Waals surface area contributed by atoms with E-state index in [2.05, 4.69) is 34.6 Å². The second kappa shape index (κ2) is 6.84. The maximum absolute atomic E-state index is 11.4. The number of benzene rings is 1. The smallest absolute Gasteiger partial charge is 0.225 e. The van der Waals surface area contributed by atoms with E-state index < -0.39 is 0 Å². The van der Waals surface area contributed by atoms with Gasteiger partial charge in [-0.2, -0.15) is 0 Å². The molecular formula is C17H20N2OS2. The van der Waals surface area contributed by atoms with Gasteiger partial charge < -0.3 is 0 Å². The number of rotatable bonds is 4. The molecule has 0 spiro atoms. The van der Waals surface area contributed by atoms with Crippen LogP contribution in [0.1, 0.15) is 41.8 Å². The molecule has 3 nitrogen and oxygen atoms in total. The molecule has 0 saturated carbocycles. The van der Waals surface area contributed by atoms with Crippen LogP contribution in [0.2, 0.25) is 0 Å². The molecule has 1 heterocycles. The first-order valence-corrected chi connectivity index (χ1v) is 9.46. The summed E-state index contributed by atoms with van der Waals surface area (Å²) < 4.78 is 0. The van der Waals surface area contributed by atoms with E-state index in [9.17, 15) is 4.79 Å². The molecule has 2 aromatic rings. The molecule has 1 unspecified atom stereocenters. The van der Waals surface area contributed by atoms with Crippen LogP contribution in [-0.2, 0) is 17.0 Å². The van der Waals surface area contributed by atoms with Gasteiger partial charge in [-0.15, -0.1) is 23.1 Å². The van der Waals surface area contributed by atoms with E-state index >= 15 is 0 Å². The first-order chi connectivity index (χ1) is 10.6. The molecule has 3 rings (SSSR count). The Hall–Kier alpha value is -1.33. The summed E-state index contributed by atoms with van der Waals surface area (Å²) >= 11 is 3.51. The molecule has 1 aromatic carbocycles. The van der Waals surface area contributed by atoms with E-state index in [1.165, 1.54) is 41.7 Å². The van der Waals surface area contributed by atoms with Crippen molar-refractivity contribution in [2.45, 2.75) is 37.2 Å². The molecule has 1 aromatic heterocycles. The molecule has 0 N–H and O–H groups in total.